The number of alkyl halides is 1. The molecule has 1 aliphatic heterocycles. The van der Waals surface area contributed by atoms with Crippen LogP contribution in [0.2, 0.25) is 0 Å². The highest BCUT2D eigenvalue weighted by atomic mass is 19.2. The standard InChI is InChI=1S/C29H29F4N3O3/c1-18-17-34-25-6-5-21(39-2)16-22(25)26(18)23(31)7-8-29(28(37)35-38)9-12-36(13-10-29)11-3-4-19-14-20(30)15-24(32)27(19)33/h5-6,14-17,23,38H,7-13H2,1-2H3,(H,35,37)/t23-/m1/s1. The molecule has 10 heteroatoms. The molecule has 2 aromatic carbocycles. The van der Waals surface area contributed by atoms with Gasteiger partial charge in [0.1, 0.15) is 17.7 Å². The van der Waals surface area contributed by atoms with Gasteiger partial charge in [0.25, 0.3) is 0 Å². The van der Waals surface area contributed by atoms with Crippen molar-refractivity contribution in [2.24, 2.45) is 5.41 Å². The Morgan fingerprint density at radius 1 is 1.23 bits per heavy atom. The number of aromatic nitrogens is 1. The van der Waals surface area contributed by atoms with E-state index in [9.17, 15) is 23.2 Å². The Bertz CT molecular complexity index is 1430. The van der Waals surface area contributed by atoms with Crippen molar-refractivity contribution in [3.8, 4) is 17.6 Å². The second-order valence-electron chi connectivity index (χ2n) is 9.79. The molecule has 1 saturated heterocycles. The number of hydrogen-bond donors (Lipinski definition) is 2. The molecule has 0 radical (unpaired) electrons. The molecule has 1 amide bonds. The van der Waals surface area contributed by atoms with Crippen molar-refractivity contribution >= 4 is 16.8 Å². The Morgan fingerprint density at radius 2 is 1.97 bits per heavy atom. The minimum Gasteiger partial charge on any atom is -0.497 e. The number of nitrogens with one attached hydrogen (secondary N) is 1. The molecule has 4 rings (SSSR count). The molecule has 1 aliphatic rings. The van der Waals surface area contributed by atoms with Crippen LogP contribution in [0.1, 0.15) is 48.5 Å². The number of methoxy groups -OCH3 is 1. The zero-order valence-corrected chi connectivity index (χ0v) is 21.7. The number of nitrogens with zero attached hydrogens (tertiary/aromatic N) is 2. The number of likely N-dealkylation sites (tertiary alicyclic amines) is 1. The van der Waals surface area contributed by atoms with Gasteiger partial charge in [0.2, 0.25) is 5.91 Å². The largest absolute Gasteiger partial charge is 0.497 e. The van der Waals surface area contributed by atoms with E-state index in [0.29, 0.717) is 59.8 Å². The zero-order chi connectivity index (χ0) is 28.2. The minimum atomic E-state index is -1.38. The summed E-state index contributed by atoms with van der Waals surface area (Å²) >= 11 is 0. The molecule has 1 atom stereocenters. The summed E-state index contributed by atoms with van der Waals surface area (Å²) in [7, 11) is 1.53. The monoisotopic (exact) mass is 543 g/mol. The van der Waals surface area contributed by atoms with Crippen LogP contribution in [0.15, 0.2) is 36.5 Å². The number of hydrogen-bond acceptors (Lipinski definition) is 5. The van der Waals surface area contributed by atoms with Crippen LogP contribution in [0.25, 0.3) is 10.9 Å². The lowest BCUT2D eigenvalue weighted by Gasteiger charge is -2.40. The fraction of sp³-hybridized carbons (Fsp3) is 0.379. The summed E-state index contributed by atoms with van der Waals surface area (Å²) in [6.45, 7) is 2.79. The first-order valence-electron chi connectivity index (χ1n) is 12.5. The van der Waals surface area contributed by atoms with E-state index in [1.165, 1.54) is 7.11 Å². The molecular weight excluding hydrogens is 514 g/mol. The fourth-order valence-electron chi connectivity index (χ4n) is 5.12. The quantitative estimate of drug-likeness (QED) is 0.137. The molecule has 1 fully saturated rings. The predicted molar refractivity (Wildman–Crippen MR) is 137 cm³/mol. The van der Waals surface area contributed by atoms with Crippen LogP contribution in [0.3, 0.4) is 0 Å². The molecule has 39 heavy (non-hydrogen) atoms. The molecule has 0 spiro atoms. The van der Waals surface area contributed by atoms with Crippen LogP contribution in [0, 0.1) is 41.6 Å². The van der Waals surface area contributed by atoms with E-state index in [1.54, 1.807) is 36.8 Å². The lowest BCUT2D eigenvalue weighted by Crippen LogP contribution is -2.48. The van der Waals surface area contributed by atoms with Crippen LogP contribution in [0.5, 0.6) is 5.75 Å². The molecule has 2 heterocycles. The van der Waals surface area contributed by atoms with E-state index < -0.39 is 34.9 Å². The van der Waals surface area contributed by atoms with Gasteiger partial charge in [0, 0.05) is 30.7 Å². The number of carbonyl (C=O) groups excluding carboxylic acids is 1. The lowest BCUT2D eigenvalue weighted by atomic mass is 9.73. The van der Waals surface area contributed by atoms with Gasteiger partial charge in [-0.2, -0.15) is 0 Å². The summed E-state index contributed by atoms with van der Waals surface area (Å²) in [5.41, 5.74) is 2.20. The van der Waals surface area contributed by atoms with Gasteiger partial charge in [-0.25, -0.2) is 23.0 Å². The van der Waals surface area contributed by atoms with E-state index in [-0.39, 0.29) is 24.9 Å². The summed E-state index contributed by atoms with van der Waals surface area (Å²) in [5, 5.41) is 10.1. The second kappa shape index (κ2) is 12.0. The molecule has 6 nitrogen and oxygen atoms in total. The highest BCUT2D eigenvalue weighted by Gasteiger charge is 2.41. The molecule has 1 aromatic heterocycles. The molecule has 0 aliphatic carbocycles. The van der Waals surface area contributed by atoms with Crippen LogP contribution in [0.4, 0.5) is 17.6 Å². The average molecular weight is 544 g/mol. The lowest BCUT2D eigenvalue weighted by molar-refractivity contribution is -0.143. The number of ether oxygens (including phenoxy) is 1. The van der Waals surface area contributed by atoms with Gasteiger partial charge in [-0.1, -0.05) is 11.8 Å². The maximum atomic E-state index is 15.8. The van der Waals surface area contributed by atoms with E-state index >= 15 is 4.39 Å². The number of carbonyl (C=O) groups is 1. The Hall–Kier alpha value is -3.68. The number of benzene rings is 2. The number of piperidine rings is 1. The van der Waals surface area contributed by atoms with Gasteiger partial charge in [0.15, 0.2) is 11.6 Å². The first kappa shape index (κ1) is 28.3. The van der Waals surface area contributed by atoms with Crippen molar-refractivity contribution in [1.29, 1.82) is 0 Å². The number of aryl methyl sites for hydroxylation is 1. The topological polar surface area (TPSA) is 74.7 Å². The van der Waals surface area contributed by atoms with E-state index in [0.717, 1.165) is 6.07 Å². The van der Waals surface area contributed by atoms with E-state index in [2.05, 4.69) is 16.8 Å². The third-order valence-electron chi connectivity index (χ3n) is 7.42. The fourth-order valence-corrected chi connectivity index (χ4v) is 5.12. The van der Waals surface area contributed by atoms with Gasteiger partial charge in [0.05, 0.1) is 30.1 Å². The molecule has 3 aromatic rings. The van der Waals surface area contributed by atoms with Crippen molar-refractivity contribution in [3.05, 3.63) is 70.7 Å². The number of amides is 1. The van der Waals surface area contributed by atoms with Crippen LogP contribution < -0.4 is 10.2 Å². The van der Waals surface area contributed by atoms with Crippen LogP contribution in [-0.2, 0) is 4.79 Å². The van der Waals surface area contributed by atoms with Gasteiger partial charge in [-0.05, 0) is 68.0 Å². The van der Waals surface area contributed by atoms with E-state index in [1.807, 2.05) is 4.90 Å². The van der Waals surface area contributed by atoms with Crippen LogP contribution >= 0.6 is 0 Å². The first-order valence-corrected chi connectivity index (χ1v) is 12.5. The normalized spacial score (nSPS) is 15.9. The van der Waals surface area contributed by atoms with Crippen molar-refractivity contribution < 1.29 is 32.3 Å². The van der Waals surface area contributed by atoms with Gasteiger partial charge < -0.3 is 4.74 Å². The molecule has 0 bridgehead atoms. The van der Waals surface area contributed by atoms with Gasteiger partial charge >= 0.3 is 0 Å². The number of hydroxylamine groups is 1. The minimum absolute atomic E-state index is 0.0504. The maximum absolute atomic E-state index is 15.8. The smallest absolute Gasteiger partial charge is 0.249 e. The number of fused-ring (bicyclic) bond motifs is 1. The highest BCUT2D eigenvalue weighted by Crippen LogP contribution is 2.41. The number of halogens is 4. The second-order valence-corrected chi connectivity index (χ2v) is 9.79. The molecule has 0 saturated carbocycles. The summed E-state index contributed by atoms with van der Waals surface area (Å²) in [5.74, 6) is 1.74. The highest BCUT2D eigenvalue weighted by molar-refractivity contribution is 5.85. The third kappa shape index (κ3) is 6.15. The van der Waals surface area contributed by atoms with Crippen molar-refractivity contribution in [3.63, 3.8) is 0 Å². The van der Waals surface area contributed by atoms with Gasteiger partial charge in [-0.3, -0.25) is 19.9 Å². The average Bonchev–Trinajstić information content (AvgIpc) is 2.94. The Kier molecular flexibility index (Phi) is 8.73. The SMILES string of the molecule is COc1ccc2ncc(C)c([C@H](F)CCC3(C(=O)NO)CCN(CC#Cc4cc(F)cc(F)c4F)CC3)c2c1. The Morgan fingerprint density at radius 3 is 2.67 bits per heavy atom. The zero-order valence-electron chi connectivity index (χ0n) is 21.7. The number of rotatable bonds is 7. The van der Waals surface area contributed by atoms with E-state index in [4.69, 9.17) is 4.74 Å². The Balaban J connectivity index is 1.45. The molecule has 0 unspecified atom stereocenters. The summed E-state index contributed by atoms with van der Waals surface area (Å²) in [4.78, 5) is 19.0. The third-order valence-corrected chi connectivity index (χ3v) is 7.42. The van der Waals surface area contributed by atoms with Crippen molar-refractivity contribution in [2.45, 2.75) is 38.8 Å². The summed E-state index contributed by atoms with van der Waals surface area (Å²) < 4.78 is 61.7. The molecule has 206 valence electrons. The maximum Gasteiger partial charge on any atom is 0.249 e. The van der Waals surface area contributed by atoms with Crippen LogP contribution in [-0.4, -0.2) is 47.7 Å². The summed E-state index contributed by atoms with van der Waals surface area (Å²) in [6.07, 6.45) is 1.16. The molecular formula is C29H29F4N3O3. The first-order chi connectivity index (χ1) is 18.7. The van der Waals surface area contributed by atoms with Crippen molar-refractivity contribution in [1.82, 2.24) is 15.4 Å². The molecule has 2 N–H and O–H groups in total. The number of pyridine rings is 1. The van der Waals surface area contributed by atoms with Gasteiger partial charge in [-0.15, -0.1) is 0 Å². The Labute approximate surface area is 223 Å². The van der Waals surface area contributed by atoms with Crippen molar-refractivity contribution in [2.75, 3.05) is 26.7 Å². The predicted octanol–water partition coefficient (Wildman–Crippen LogP) is 5.40. The summed E-state index contributed by atoms with van der Waals surface area (Å²) in [6, 6.07) is 6.55.